The first-order valence-electron chi connectivity index (χ1n) is 15.5. The number of hydrogen-bond donors (Lipinski definition) is 0. The molecule has 4 aliphatic heterocycles. The van der Waals surface area contributed by atoms with Crippen molar-refractivity contribution >= 4 is 68.8 Å². The van der Waals surface area contributed by atoms with E-state index in [1.807, 2.05) is 0 Å². The van der Waals surface area contributed by atoms with Crippen LogP contribution in [0.4, 0.5) is 35.1 Å². The summed E-state index contributed by atoms with van der Waals surface area (Å²) in [6.07, 6.45) is 0. The average molecular weight is 758 g/mol. The van der Waals surface area contributed by atoms with Crippen LogP contribution in [-0.2, 0) is 0 Å². The summed E-state index contributed by atoms with van der Waals surface area (Å²) in [4.78, 5) is 109. The quantitative estimate of drug-likeness (QED) is 0.211. The zero-order chi connectivity index (χ0) is 39.6. The number of nitrogens with zero attached hydrogens (tertiary/aromatic N) is 4. The van der Waals surface area contributed by atoms with Crippen molar-refractivity contribution in [2.75, 3.05) is 0 Å². The number of hydrazine groups is 1. The Labute approximate surface area is 293 Å². The standard InChI is InChI=1S/C34H14F8N4O8/c1-5(2)43-27(47)11-7-9-15(23(39)19(11)35)31(51)45(32(52)16(9)24(40)20(36)12(7)28(43)48)46-33(53)17-10-8-13(21(37)25(17)41)29(49)44(6(3)4)30(50)14(8)22(38)26(42)18(10)34(46)54/h5-6H,1-4H3. The van der Waals surface area contributed by atoms with Crippen LogP contribution < -0.4 is 0 Å². The second-order valence-corrected chi connectivity index (χ2v) is 13.0. The lowest BCUT2D eigenvalue weighted by Gasteiger charge is -2.39. The first-order chi connectivity index (χ1) is 25.2. The highest BCUT2D eigenvalue weighted by atomic mass is 19.2. The Morgan fingerprint density at radius 1 is 0.296 bits per heavy atom. The van der Waals surface area contributed by atoms with Crippen LogP contribution in [0.3, 0.4) is 0 Å². The Hall–Kier alpha value is -6.60. The van der Waals surface area contributed by atoms with Crippen molar-refractivity contribution in [3.8, 4) is 0 Å². The van der Waals surface area contributed by atoms with Gasteiger partial charge >= 0.3 is 0 Å². The number of carbonyl (C=O) groups excluding carboxylic acids is 8. The summed E-state index contributed by atoms with van der Waals surface area (Å²) in [7, 11) is 0. The molecule has 8 rings (SSSR count). The number of benzene rings is 4. The van der Waals surface area contributed by atoms with Crippen LogP contribution in [0.15, 0.2) is 0 Å². The number of imide groups is 4. The van der Waals surface area contributed by atoms with E-state index >= 15 is 35.1 Å². The number of amides is 8. The van der Waals surface area contributed by atoms with E-state index in [2.05, 4.69) is 0 Å². The lowest BCUT2D eigenvalue weighted by molar-refractivity contribution is 0.00114. The van der Waals surface area contributed by atoms with Crippen LogP contribution in [0.5, 0.6) is 0 Å². The maximum Gasteiger partial charge on any atom is 0.284 e. The summed E-state index contributed by atoms with van der Waals surface area (Å²) < 4.78 is 127. The molecule has 54 heavy (non-hydrogen) atoms. The molecule has 0 unspecified atom stereocenters. The average Bonchev–Trinajstić information content (AvgIpc) is 3.08. The van der Waals surface area contributed by atoms with Gasteiger partial charge in [-0.25, -0.2) is 35.1 Å². The van der Waals surface area contributed by atoms with Crippen LogP contribution in [0.1, 0.15) is 111 Å². The Morgan fingerprint density at radius 2 is 0.444 bits per heavy atom. The van der Waals surface area contributed by atoms with E-state index in [0.717, 1.165) is 0 Å². The van der Waals surface area contributed by atoms with Crippen LogP contribution >= 0.6 is 0 Å². The molecule has 0 saturated heterocycles. The molecule has 0 aliphatic carbocycles. The van der Waals surface area contributed by atoms with E-state index in [9.17, 15) is 38.4 Å². The zero-order valence-electron chi connectivity index (χ0n) is 27.2. The van der Waals surface area contributed by atoms with Gasteiger partial charge in [0.2, 0.25) is 0 Å². The molecule has 4 heterocycles. The summed E-state index contributed by atoms with van der Waals surface area (Å²) in [5.41, 5.74) is -12.7. The Morgan fingerprint density at radius 3 is 0.593 bits per heavy atom. The van der Waals surface area contributed by atoms with Crippen LogP contribution in [-0.4, -0.2) is 79.2 Å². The van der Waals surface area contributed by atoms with E-state index in [-0.39, 0.29) is 9.80 Å². The molecule has 4 aromatic carbocycles. The third-order valence-electron chi connectivity index (χ3n) is 9.62. The smallest absolute Gasteiger partial charge is 0.272 e. The Balaban J connectivity index is 1.42. The highest BCUT2D eigenvalue weighted by Crippen LogP contribution is 2.47. The van der Waals surface area contributed by atoms with Gasteiger partial charge in [-0.1, -0.05) is 0 Å². The number of halogens is 8. The fraction of sp³-hybridized carbons (Fsp3) is 0.176. The molecule has 4 aliphatic rings. The number of carbonyl (C=O) groups is 8. The maximum atomic E-state index is 16.0. The molecule has 274 valence electrons. The van der Waals surface area contributed by atoms with Gasteiger partial charge in [-0.15, -0.1) is 0 Å². The van der Waals surface area contributed by atoms with Crippen LogP contribution in [0.2, 0.25) is 0 Å². The minimum absolute atomic E-state index is 0.241. The Bertz CT molecular complexity index is 2400. The molecule has 4 aromatic rings. The Kier molecular flexibility index (Phi) is 6.71. The van der Waals surface area contributed by atoms with Gasteiger partial charge in [0.05, 0.1) is 44.5 Å². The van der Waals surface area contributed by atoms with Crippen LogP contribution in [0, 0.1) is 46.5 Å². The van der Waals surface area contributed by atoms with Gasteiger partial charge in [-0.05, 0) is 27.7 Å². The van der Waals surface area contributed by atoms with Crippen molar-refractivity contribution in [3.63, 3.8) is 0 Å². The van der Waals surface area contributed by atoms with Crippen molar-refractivity contribution in [3.05, 3.63) is 91.0 Å². The monoisotopic (exact) mass is 758 g/mol. The summed E-state index contributed by atoms with van der Waals surface area (Å²) in [6, 6.07) is -2.32. The molecule has 0 atom stereocenters. The zero-order valence-corrected chi connectivity index (χ0v) is 27.2. The molecular weight excluding hydrogens is 744 g/mol. The van der Waals surface area contributed by atoms with E-state index in [1.54, 1.807) is 0 Å². The highest BCUT2D eigenvalue weighted by Gasteiger charge is 2.55. The van der Waals surface area contributed by atoms with Gasteiger partial charge in [0.15, 0.2) is 46.5 Å². The van der Waals surface area contributed by atoms with E-state index < -0.39 is 182 Å². The van der Waals surface area contributed by atoms with Crippen molar-refractivity contribution in [2.45, 2.75) is 39.8 Å². The third-order valence-corrected chi connectivity index (χ3v) is 9.62. The fourth-order valence-corrected chi connectivity index (χ4v) is 7.44. The SMILES string of the molecule is CC(C)N1C(=O)c2c(F)c(F)c3c4c(c(F)c(F)c(c24)C1=O)C(=O)N(N1C(=O)c2c(F)c(F)c4c5c(c(F)c(F)c(c25)C1=O)C(=O)N(C(C)C)C4=O)C3=O. The molecule has 0 spiro atoms. The molecule has 0 radical (unpaired) electrons. The first-order valence-corrected chi connectivity index (χ1v) is 15.5. The molecule has 0 fully saturated rings. The topological polar surface area (TPSA) is 150 Å². The van der Waals surface area contributed by atoms with Crippen molar-refractivity contribution in [2.24, 2.45) is 0 Å². The van der Waals surface area contributed by atoms with Crippen molar-refractivity contribution < 1.29 is 73.5 Å². The second kappa shape index (κ2) is 10.5. The molecule has 8 amide bonds. The molecular formula is C34H14F8N4O8. The van der Waals surface area contributed by atoms with Gasteiger partial charge < -0.3 is 0 Å². The molecule has 0 aromatic heterocycles. The molecule has 0 saturated carbocycles. The maximum absolute atomic E-state index is 16.0. The lowest BCUT2D eigenvalue weighted by atomic mass is 9.83. The first kappa shape index (κ1) is 34.5. The van der Waals surface area contributed by atoms with Gasteiger partial charge in [0, 0.05) is 33.6 Å². The fourth-order valence-electron chi connectivity index (χ4n) is 7.44. The second-order valence-electron chi connectivity index (χ2n) is 13.0. The van der Waals surface area contributed by atoms with Crippen LogP contribution in [0.25, 0.3) is 21.5 Å². The molecule has 0 bridgehead atoms. The van der Waals surface area contributed by atoms with Crippen molar-refractivity contribution in [1.82, 2.24) is 19.8 Å². The van der Waals surface area contributed by atoms with E-state index in [4.69, 9.17) is 0 Å². The normalized spacial score (nSPS) is 16.6. The predicted octanol–water partition coefficient (Wildman–Crippen LogP) is 4.92. The van der Waals surface area contributed by atoms with Gasteiger partial charge in [-0.3, -0.25) is 48.2 Å². The van der Waals surface area contributed by atoms with Gasteiger partial charge in [0.25, 0.3) is 47.3 Å². The van der Waals surface area contributed by atoms with Crippen molar-refractivity contribution in [1.29, 1.82) is 0 Å². The minimum Gasteiger partial charge on any atom is -0.272 e. The minimum atomic E-state index is -2.36. The summed E-state index contributed by atoms with van der Waals surface area (Å²) in [6.45, 7) is 4.82. The van der Waals surface area contributed by atoms with Gasteiger partial charge in [0.1, 0.15) is 0 Å². The molecule has 0 N–H and O–H groups in total. The predicted molar refractivity (Wildman–Crippen MR) is 160 cm³/mol. The summed E-state index contributed by atoms with van der Waals surface area (Å²) >= 11 is 0. The number of hydrogen-bond acceptors (Lipinski definition) is 8. The third kappa shape index (κ3) is 3.61. The lowest BCUT2D eigenvalue weighted by Crippen LogP contribution is -2.59. The summed E-state index contributed by atoms with van der Waals surface area (Å²) in [5.74, 6) is -34.0. The largest absolute Gasteiger partial charge is 0.284 e. The summed E-state index contributed by atoms with van der Waals surface area (Å²) in [5, 5.41) is -6.81. The molecule has 12 nitrogen and oxygen atoms in total. The van der Waals surface area contributed by atoms with E-state index in [0.29, 0.717) is 0 Å². The number of rotatable bonds is 3. The highest BCUT2D eigenvalue weighted by molar-refractivity contribution is 6.37. The molecule has 20 heteroatoms. The van der Waals surface area contributed by atoms with Gasteiger partial charge in [-0.2, -0.15) is 10.0 Å². The van der Waals surface area contributed by atoms with E-state index in [1.165, 1.54) is 27.7 Å².